The van der Waals surface area contributed by atoms with Gasteiger partial charge in [0, 0.05) is 40.1 Å². The van der Waals surface area contributed by atoms with E-state index in [0.717, 1.165) is 22.4 Å². The van der Waals surface area contributed by atoms with E-state index in [4.69, 9.17) is 0 Å². The van der Waals surface area contributed by atoms with Crippen LogP contribution in [0.3, 0.4) is 0 Å². The Morgan fingerprint density at radius 2 is 1.62 bits per heavy atom. The zero-order valence-electron chi connectivity index (χ0n) is 23.4. The molecule has 3 aromatic heterocycles. The first-order valence-electron chi connectivity index (χ1n) is 12.8. The van der Waals surface area contributed by atoms with Crippen LogP contribution in [0, 0.1) is 23.7 Å². The molecule has 2 amide bonds. The van der Waals surface area contributed by atoms with E-state index in [9.17, 15) is 14.9 Å². The summed E-state index contributed by atoms with van der Waals surface area (Å²) in [6, 6.07) is 16.8. The van der Waals surface area contributed by atoms with Crippen molar-refractivity contribution in [2.45, 2.75) is 47.0 Å². The summed E-state index contributed by atoms with van der Waals surface area (Å²) in [5.41, 5.74) is 4.10. The molecule has 9 heteroatoms. The number of carbonyl (C=O) groups excluding carboxylic acids is 2. The average molecular weight is 534 g/mol. The number of benzene rings is 1. The zero-order valence-corrected chi connectivity index (χ0v) is 23.4. The van der Waals surface area contributed by atoms with Crippen LogP contribution < -0.4 is 10.6 Å². The molecule has 4 rings (SSSR count). The standard InChI is InChI=1S/C31H31N7O2/c1-19-24(14-23(16-34-19)37-28(39)22-10-11-33-26(13-22)31(5,6)17-32)20-8-7-9-21(12-20)25-15-27(36-18-35-25)38-29(40)30(2,3)4/h7-16,18H,1-6H3,(H,37,39)(H,35,36,38,40). The van der Waals surface area contributed by atoms with E-state index in [1.165, 1.54) is 12.5 Å². The summed E-state index contributed by atoms with van der Waals surface area (Å²) in [5, 5.41) is 15.2. The number of nitriles is 1. The Morgan fingerprint density at radius 3 is 2.35 bits per heavy atom. The van der Waals surface area contributed by atoms with Gasteiger partial charge >= 0.3 is 0 Å². The van der Waals surface area contributed by atoms with Crippen LogP contribution in [0.4, 0.5) is 11.5 Å². The van der Waals surface area contributed by atoms with Gasteiger partial charge in [0.2, 0.25) is 5.91 Å². The number of rotatable bonds is 6. The molecule has 0 saturated heterocycles. The van der Waals surface area contributed by atoms with Crippen LogP contribution in [0.5, 0.6) is 0 Å². The number of hydrogen-bond donors (Lipinski definition) is 2. The van der Waals surface area contributed by atoms with Gasteiger partial charge in [0.25, 0.3) is 5.91 Å². The lowest BCUT2D eigenvalue weighted by molar-refractivity contribution is -0.123. The third kappa shape index (κ3) is 6.35. The Bertz CT molecular complexity index is 1630. The number of amides is 2. The van der Waals surface area contributed by atoms with Gasteiger partial charge in [-0.2, -0.15) is 5.26 Å². The van der Waals surface area contributed by atoms with E-state index < -0.39 is 10.8 Å². The quantitative estimate of drug-likeness (QED) is 0.313. The number of carbonyl (C=O) groups is 2. The van der Waals surface area contributed by atoms with E-state index >= 15 is 0 Å². The van der Waals surface area contributed by atoms with Crippen molar-refractivity contribution in [3.05, 3.63) is 84.2 Å². The van der Waals surface area contributed by atoms with Crippen molar-refractivity contribution in [3.63, 3.8) is 0 Å². The molecule has 0 atom stereocenters. The van der Waals surface area contributed by atoms with Crippen molar-refractivity contribution < 1.29 is 9.59 Å². The third-order valence-corrected chi connectivity index (χ3v) is 6.35. The van der Waals surface area contributed by atoms with Crippen LogP contribution in [0.1, 0.15) is 56.4 Å². The minimum atomic E-state index is -0.817. The summed E-state index contributed by atoms with van der Waals surface area (Å²) in [5.74, 6) is -0.0351. The number of anilines is 2. The number of aryl methyl sites for hydroxylation is 1. The lowest BCUT2D eigenvalue weighted by Gasteiger charge is -2.17. The van der Waals surface area contributed by atoms with Crippen LogP contribution >= 0.6 is 0 Å². The molecule has 2 N–H and O–H groups in total. The summed E-state index contributed by atoms with van der Waals surface area (Å²) < 4.78 is 0. The number of hydrogen-bond acceptors (Lipinski definition) is 7. The first-order chi connectivity index (χ1) is 18.9. The minimum absolute atomic E-state index is 0.136. The van der Waals surface area contributed by atoms with Crippen LogP contribution in [0.15, 0.2) is 67.3 Å². The van der Waals surface area contributed by atoms with E-state index in [1.807, 2.05) is 58.0 Å². The van der Waals surface area contributed by atoms with Crippen molar-refractivity contribution in [3.8, 4) is 28.5 Å². The van der Waals surface area contributed by atoms with Crippen LogP contribution in [0.2, 0.25) is 0 Å². The van der Waals surface area contributed by atoms with Crippen molar-refractivity contribution in [2.24, 2.45) is 5.41 Å². The molecule has 0 aliphatic rings. The predicted molar refractivity (Wildman–Crippen MR) is 154 cm³/mol. The Hall–Kier alpha value is -4.97. The monoisotopic (exact) mass is 533 g/mol. The topological polar surface area (TPSA) is 134 Å². The molecule has 0 saturated carbocycles. The van der Waals surface area contributed by atoms with E-state index in [1.54, 1.807) is 38.2 Å². The maximum Gasteiger partial charge on any atom is 0.255 e. The van der Waals surface area contributed by atoms with Gasteiger partial charge in [-0.1, -0.05) is 39.0 Å². The second-order valence-corrected chi connectivity index (χ2v) is 11.1. The molecule has 0 unspecified atom stereocenters. The van der Waals surface area contributed by atoms with Crippen molar-refractivity contribution in [2.75, 3.05) is 10.6 Å². The molecule has 9 nitrogen and oxygen atoms in total. The molecule has 40 heavy (non-hydrogen) atoms. The highest BCUT2D eigenvalue weighted by atomic mass is 16.2. The van der Waals surface area contributed by atoms with Gasteiger partial charge in [-0.15, -0.1) is 0 Å². The number of nitrogens with one attached hydrogen (secondary N) is 2. The molecule has 0 aliphatic carbocycles. The SMILES string of the molecule is Cc1ncc(NC(=O)c2ccnc(C(C)(C)C#N)c2)cc1-c1cccc(-c2cc(NC(=O)C(C)(C)C)ncn2)c1. The largest absolute Gasteiger partial charge is 0.321 e. The lowest BCUT2D eigenvalue weighted by Crippen LogP contribution is -2.28. The minimum Gasteiger partial charge on any atom is -0.321 e. The average Bonchev–Trinajstić information content (AvgIpc) is 2.94. The summed E-state index contributed by atoms with van der Waals surface area (Å²) in [7, 11) is 0. The molecule has 0 bridgehead atoms. The van der Waals surface area contributed by atoms with Gasteiger partial charge in [0.05, 0.1) is 34.8 Å². The predicted octanol–water partition coefficient (Wildman–Crippen LogP) is 5.95. The number of nitrogens with zero attached hydrogens (tertiary/aromatic N) is 5. The fraction of sp³-hybridized carbons (Fsp3) is 0.258. The summed E-state index contributed by atoms with van der Waals surface area (Å²) in [6.45, 7) is 10.9. The lowest BCUT2D eigenvalue weighted by atomic mass is 9.90. The third-order valence-electron chi connectivity index (χ3n) is 6.35. The van der Waals surface area contributed by atoms with Gasteiger partial charge in [-0.25, -0.2) is 9.97 Å². The molecule has 202 valence electrons. The first-order valence-corrected chi connectivity index (χ1v) is 12.8. The second-order valence-electron chi connectivity index (χ2n) is 11.1. The van der Waals surface area contributed by atoms with Gasteiger partial charge in [0.1, 0.15) is 12.1 Å². The highest BCUT2D eigenvalue weighted by Gasteiger charge is 2.23. The van der Waals surface area contributed by atoms with Crippen LogP contribution in [0.25, 0.3) is 22.4 Å². The zero-order chi connectivity index (χ0) is 29.1. The van der Waals surface area contributed by atoms with Crippen LogP contribution in [-0.4, -0.2) is 31.8 Å². The number of aromatic nitrogens is 4. The van der Waals surface area contributed by atoms with Gasteiger partial charge in [-0.05, 0) is 50.6 Å². The van der Waals surface area contributed by atoms with Crippen molar-refractivity contribution >= 4 is 23.3 Å². The summed E-state index contributed by atoms with van der Waals surface area (Å²) >= 11 is 0. The number of pyridine rings is 2. The van der Waals surface area contributed by atoms with Gasteiger partial charge in [-0.3, -0.25) is 19.6 Å². The highest BCUT2D eigenvalue weighted by molar-refractivity contribution is 6.04. The molecule has 4 aromatic rings. The van der Waals surface area contributed by atoms with E-state index in [0.29, 0.717) is 28.5 Å². The van der Waals surface area contributed by atoms with Crippen LogP contribution in [-0.2, 0) is 10.2 Å². The van der Waals surface area contributed by atoms with E-state index in [2.05, 4.69) is 36.6 Å². The molecule has 0 spiro atoms. The molecular formula is C31H31N7O2. The van der Waals surface area contributed by atoms with Crippen molar-refractivity contribution in [1.29, 1.82) is 5.26 Å². The fourth-order valence-electron chi connectivity index (χ4n) is 3.80. The molecule has 0 radical (unpaired) electrons. The van der Waals surface area contributed by atoms with E-state index in [-0.39, 0.29) is 11.8 Å². The normalized spacial score (nSPS) is 11.4. The van der Waals surface area contributed by atoms with Gasteiger partial charge < -0.3 is 10.6 Å². The Balaban J connectivity index is 1.60. The summed E-state index contributed by atoms with van der Waals surface area (Å²) in [6.07, 6.45) is 4.56. The molecule has 3 heterocycles. The smallest absolute Gasteiger partial charge is 0.255 e. The maximum atomic E-state index is 13.0. The molecule has 0 fully saturated rings. The second kappa shape index (κ2) is 11.0. The Kier molecular flexibility index (Phi) is 7.73. The first kappa shape index (κ1) is 28.0. The molecule has 1 aromatic carbocycles. The molecular weight excluding hydrogens is 502 g/mol. The van der Waals surface area contributed by atoms with Gasteiger partial charge in [0.15, 0.2) is 0 Å². The highest BCUT2D eigenvalue weighted by Crippen LogP contribution is 2.30. The van der Waals surface area contributed by atoms with Crippen molar-refractivity contribution in [1.82, 2.24) is 19.9 Å². The maximum absolute atomic E-state index is 13.0. The fourth-order valence-corrected chi connectivity index (χ4v) is 3.80. The Morgan fingerprint density at radius 1 is 0.875 bits per heavy atom. The molecule has 0 aliphatic heterocycles. The summed E-state index contributed by atoms with van der Waals surface area (Å²) in [4.78, 5) is 42.8. The Labute approximate surface area is 233 Å².